The fraction of sp³-hybridized carbons (Fsp3) is 0.923. The zero-order valence-corrected chi connectivity index (χ0v) is 10.5. The van der Waals surface area contributed by atoms with Crippen molar-refractivity contribution in [3.05, 3.63) is 0 Å². The molecule has 2 nitrogen and oxygen atoms in total. The van der Waals surface area contributed by atoms with Crippen LogP contribution in [0.25, 0.3) is 0 Å². The third kappa shape index (κ3) is 2.96. The van der Waals surface area contributed by atoms with E-state index in [2.05, 4.69) is 20.8 Å². The van der Waals surface area contributed by atoms with Gasteiger partial charge in [0.05, 0.1) is 12.0 Å². The van der Waals surface area contributed by atoms with Gasteiger partial charge >= 0.3 is 5.97 Å². The zero-order valence-electron chi connectivity index (χ0n) is 10.5. The van der Waals surface area contributed by atoms with Gasteiger partial charge in [-0.15, -0.1) is 0 Å². The van der Waals surface area contributed by atoms with Crippen molar-refractivity contribution in [3.63, 3.8) is 0 Å². The summed E-state index contributed by atoms with van der Waals surface area (Å²) < 4.78 is 5.28. The molecule has 1 unspecified atom stereocenters. The summed E-state index contributed by atoms with van der Waals surface area (Å²) in [6.07, 6.45) is 4.03. The molecule has 0 heterocycles. The second kappa shape index (κ2) is 5.00. The molecular weight excluding hydrogens is 188 g/mol. The molecule has 0 aromatic carbocycles. The highest BCUT2D eigenvalue weighted by molar-refractivity contribution is 5.76. The van der Waals surface area contributed by atoms with E-state index in [4.69, 9.17) is 4.74 Å². The molecule has 0 aromatic rings. The Bertz CT molecular complexity index is 225. The lowest BCUT2D eigenvalue weighted by molar-refractivity contribution is -0.158. The third-order valence-corrected chi connectivity index (χ3v) is 3.83. The van der Waals surface area contributed by atoms with Crippen LogP contribution in [0.3, 0.4) is 0 Å². The molecule has 0 spiro atoms. The van der Waals surface area contributed by atoms with E-state index in [1.807, 2.05) is 6.92 Å². The van der Waals surface area contributed by atoms with E-state index >= 15 is 0 Å². The standard InChI is InChI=1S/C13H24O2/c1-5-8-15-12(14)13(4)7-6-10(2)11(3)9-13/h10-11H,5-9H2,1-4H3/t10-,11+,13?/m0/s1. The number of esters is 1. The van der Waals surface area contributed by atoms with Crippen molar-refractivity contribution in [2.45, 2.75) is 53.4 Å². The van der Waals surface area contributed by atoms with Gasteiger partial charge in [0.2, 0.25) is 0 Å². The molecule has 1 aliphatic rings. The Morgan fingerprint density at radius 1 is 1.40 bits per heavy atom. The Morgan fingerprint density at radius 3 is 2.60 bits per heavy atom. The lowest BCUT2D eigenvalue weighted by Gasteiger charge is -2.38. The van der Waals surface area contributed by atoms with E-state index in [1.54, 1.807) is 0 Å². The second-order valence-corrected chi connectivity index (χ2v) is 5.39. The number of hydrogen-bond donors (Lipinski definition) is 0. The highest BCUT2D eigenvalue weighted by Gasteiger charge is 2.40. The summed E-state index contributed by atoms with van der Waals surface area (Å²) >= 11 is 0. The fourth-order valence-corrected chi connectivity index (χ4v) is 2.40. The summed E-state index contributed by atoms with van der Waals surface area (Å²) in [5.74, 6) is 1.40. The minimum Gasteiger partial charge on any atom is -0.465 e. The van der Waals surface area contributed by atoms with Gasteiger partial charge in [-0.05, 0) is 44.4 Å². The zero-order chi connectivity index (χ0) is 11.5. The molecule has 1 aliphatic carbocycles. The quantitative estimate of drug-likeness (QED) is 0.670. The van der Waals surface area contributed by atoms with Gasteiger partial charge in [-0.2, -0.15) is 0 Å². The lowest BCUT2D eigenvalue weighted by atomic mass is 9.67. The van der Waals surface area contributed by atoms with Crippen molar-refractivity contribution < 1.29 is 9.53 Å². The molecule has 1 fully saturated rings. The first-order valence-electron chi connectivity index (χ1n) is 6.17. The van der Waals surface area contributed by atoms with Gasteiger partial charge in [-0.1, -0.05) is 20.8 Å². The maximum absolute atomic E-state index is 11.9. The first kappa shape index (κ1) is 12.5. The topological polar surface area (TPSA) is 26.3 Å². The van der Waals surface area contributed by atoms with Gasteiger partial charge in [0.1, 0.15) is 0 Å². The predicted molar refractivity (Wildman–Crippen MR) is 61.5 cm³/mol. The molecule has 15 heavy (non-hydrogen) atoms. The molecule has 1 rings (SSSR count). The van der Waals surface area contributed by atoms with Crippen molar-refractivity contribution >= 4 is 5.97 Å². The molecule has 0 amide bonds. The largest absolute Gasteiger partial charge is 0.465 e. The lowest BCUT2D eigenvalue weighted by Crippen LogP contribution is -2.37. The van der Waals surface area contributed by atoms with Gasteiger partial charge in [-0.3, -0.25) is 4.79 Å². The maximum Gasteiger partial charge on any atom is 0.311 e. The first-order valence-corrected chi connectivity index (χ1v) is 6.17. The van der Waals surface area contributed by atoms with Crippen LogP contribution >= 0.6 is 0 Å². The van der Waals surface area contributed by atoms with Crippen molar-refractivity contribution in [1.82, 2.24) is 0 Å². The Hall–Kier alpha value is -0.530. The first-order chi connectivity index (χ1) is 6.99. The summed E-state index contributed by atoms with van der Waals surface area (Å²) in [6, 6.07) is 0. The second-order valence-electron chi connectivity index (χ2n) is 5.39. The normalized spacial score (nSPS) is 36.3. The molecule has 0 aromatic heterocycles. The number of ether oxygens (including phenoxy) is 1. The van der Waals surface area contributed by atoms with Gasteiger partial charge in [-0.25, -0.2) is 0 Å². The average Bonchev–Trinajstić information content (AvgIpc) is 2.20. The SMILES string of the molecule is CCCOC(=O)C1(C)CC[C@H](C)[C@H](C)C1. The van der Waals surface area contributed by atoms with Crippen LogP contribution in [-0.4, -0.2) is 12.6 Å². The van der Waals surface area contributed by atoms with Crippen LogP contribution in [-0.2, 0) is 9.53 Å². The molecule has 0 N–H and O–H groups in total. The van der Waals surface area contributed by atoms with E-state index < -0.39 is 0 Å². The highest BCUT2D eigenvalue weighted by Crippen LogP contribution is 2.42. The van der Waals surface area contributed by atoms with E-state index in [1.165, 1.54) is 0 Å². The predicted octanol–water partition coefficient (Wildman–Crippen LogP) is 3.40. The van der Waals surface area contributed by atoms with Crippen molar-refractivity contribution in [2.24, 2.45) is 17.3 Å². The Kier molecular flexibility index (Phi) is 4.18. The smallest absolute Gasteiger partial charge is 0.311 e. The van der Waals surface area contributed by atoms with Crippen LogP contribution in [0, 0.1) is 17.3 Å². The Morgan fingerprint density at radius 2 is 2.07 bits per heavy atom. The van der Waals surface area contributed by atoms with E-state index in [-0.39, 0.29) is 11.4 Å². The van der Waals surface area contributed by atoms with Gasteiger partial charge in [0.25, 0.3) is 0 Å². The van der Waals surface area contributed by atoms with Gasteiger partial charge in [0.15, 0.2) is 0 Å². The van der Waals surface area contributed by atoms with Crippen molar-refractivity contribution in [3.8, 4) is 0 Å². The van der Waals surface area contributed by atoms with Crippen LogP contribution in [0.4, 0.5) is 0 Å². The van der Waals surface area contributed by atoms with Crippen molar-refractivity contribution in [1.29, 1.82) is 0 Å². The Labute approximate surface area is 93.4 Å². The minimum atomic E-state index is -0.221. The molecule has 0 saturated heterocycles. The summed E-state index contributed by atoms with van der Waals surface area (Å²) in [7, 11) is 0. The van der Waals surface area contributed by atoms with E-state index in [0.717, 1.165) is 31.6 Å². The molecule has 2 heteroatoms. The van der Waals surface area contributed by atoms with Crippen LogP contribution in [0.2, 0.25) is 0 Å². The van der Waals surface area contributed by atoms with Crippen LogP contribution in [0.15, 0.2) is 0 Å². The van der Waals surface area contributed by atoms with Crippen LogP contribution < -0.4 is 0 Å². The molecule has 0 radical (unpaired) electrons. The summed E-state index contributed by atoms with van der Waals surface area (Å²) in [6.45, 7) is 9.18. The van der Waals surface area contributed by atoms with Crippen LogP contribution in [0.1, 0.15) is 53.4 Å². The van der Waals surface area contributed by atoms with Crippen LogP contribution in [0.5, 0.6) is 0 Å². The molecule has 3 atom stereocenters. The summed E-state index contributed by atoms with van der Waals surface area (Å²) in [5, 5.41) is 0. The number of carbonyl (C=O) groups excluding carboxylic acids is 1. The molecular formula is C13H24O2. The molecule has 0 aliphatic heterocycles. The van der Waals surface area contributed by atoms with E-state index in [0.29, 0.717) is 12.5 Å². The Balaban J connectivity index is 2.55. The van der Waals surface area contributed by atoms with Crippen molar-refractivity contribution in [2.75, 3.05) is 6.61 Å². The highest BCUT2D eigenvalue weighted by atomic mass is 16.5. The average molecular weight is 212 g/mol. The molecule has 88 valence electrons. The maximum atomic E-state index is 11.9. The monoisotopic (exact) mass is 212 g/mol. The minimum absolute atomic E-state index is 0.0168. The third-order valence-electron chi connectivity index (χ3n) is 3.83. The van der Waals surface area contributed by atoms with E-state index in [9.17, 15) is 4.79 Å². The molecule has 1 saturated carbocycles. The molecule has 0 bridgehead atoms. The van der Waals surface area contributed by atoms with Gasteiger partial charge < -0.3 is 4.74 Å². The number of rotatable bonds is 3. The van der Waals surface area contributed by atoms with Gasteiger partial charge in [0, 0.05) is 0 Å². The number of carbonyl (C=O) groups is 1. The summed E-state index contributed by atoms with van der Waals surface area (Å²) in [4.78, 5) is 11.9. The fourth-order valence-electron chi connectivity index (χ4n) is 2.40. The summed E-state index contributed by atoms with van der Waals surface area (Å²) in [5.41, 5.74) is -0.221. The number of hydrogen-bond acceptors (Lipinski definition) is 2.